The van der Waals surface area contributed by atoms with Crippen molar-refractivity contribution in [1.82, 2.24) is 4.98 Å². The molecule has 1 amide bonds. The van der Waals surface area contributed by atoms with E-state index in [-0.39, 0.29) is 15.5 Å². The van der Waals surface area contributed by atoms with Crippen molar-refractivity contribution in [3.8, 4) is 0 Å². The molecule has 8 nitrogen and oxygen atoms in total. The van der Waals surface area contributed by atoms with E-state index in [0.717, 1.165) is 3.71 Å². The molecule has 2 aromatic carbocycles. The minimum Gasteiger partial charge on any atom is -0.307 e. The van der Waals surface area contributed by atoms with Crippen LogP contribution in [0, 0.1) is 0 Å². The quantitative estimate of drug-likeness (QED) is 0.408. The molecule has 0 fully saturated rings. The van der Waals surface area contributed by atoms with Crippen LogP contribution < -0.4 is 9.03 Å². The minimum absolute atomic E-state index is 0.0759. The number of carbonyl (C=O) groups is 1. The van der Waals surface area contributed by atoms with Gasteiger partial charge in [0.25, 0.3) is 5.91 Å². The summed E-state index contributed by atoms with van der Waals surface area (Å²) in [5.41, 5.74) is 0.477. The van der Waals surface area contributed by atoms with Gasteiger partial charge in [-0.05, 0) is 48.5 Å². The third-order valence-electron chi connectivity index (χ3n) is 4.15. The smallest absolute Gasteiger partial charge is 0.256 e. The molecule has 0 spiro atoms. The van der Waals surface area contributed by atoms with Crippen LogP contribution >= 0.6 is 21.6 Å². The van der Waals surface area contributed by atoms with Gasteiger partial charge in [0.15, 0.2) is 0 Å². The van der Waals surface area contributed by atoms with Gasteiger partial charge in [-0.15, -0.1) is 0 Å². The van der Waals surface area contributed by atoms with Crippen LogP contribution in [0.2, 0.25) is 0 Å². The average molecular weight is 419 g/mol. The Morgan fingerprint density at radius 2 is 1.39 bits per heavy atom. The summed E-state index contributed by atoms with van der Waals surface area (Å²) >= 11 is 0. The molecule has 0 saturated heterocycles. The lowest BCUT2D eigenvalue weighted by molar-refractivity contribution is 0.102. The van der Waals surface area contributed by atoms with Gasteiger partial charge in [0.2, 0.25) is 0 Å². The zero-order chi connectivity index (χ0) is 19.9. The summed E-state index contributed by atoms with van der Waals surface area (Å²) in [7, 11) is -7.26. The minimum atomic E-state index is -3.63. The molecule has 0 radical (unpaired) electrons. The molecule has 10 heteroatoms. The Labute approximate surface area is 164 Å². The number of nitrogens with one attached hydrogen (secondary N) is 1. The lowest BCUT2D eigenvalue weighted by atomic mass is 10.2. The number of benzene rings is 2. The summed E-state index contributed by atoms with van der Waals surface area (Å²) in [6.07, 6.45) is 1.56. The summed E-state index contributed by atoms with van der Waals surface area (Å²) in [5, 5.41) is 2.64. The summed E-state index contributed by atoms with van der Waals surface area (Å²) in [6, 6.07) is 17.0. The lowest BCUT2D eigenvalue weighted by Crippen LogP contribution is -2.24. The Morgan fingerprint density at radius 3 is 1.93 bits per heavy atom. The second-order valence-electron chi connectivity index (χ2n) is 5.96. The largest absolute Gasteiger partial charge is 0.307 e. The van der Waals surface area contributed by atoms with Crippen molar-refractivity contribution in [3.05, 3.63) is 78.5 Å². The first-order chi connectivity index (χ1) is 13.3. The van der Waals surface area contributed by atoms with Crippen molar-refractivity contribution in [2.75, 3.05) is 9.03 Å². The molecule has 2 heterocycles. The summed E-state index contributed by atoms with van der Waals surface area (Å²) in [4.78, 5) is 16.5. The van der Waals surface area contributed by atoms with Crippen LogP contribution in [0.4, 0.5) is 11.5 Å². The standard InChI is InChI=1S/C18H17N3O5S2/c22-18(20-17-7-3-4-12-19-17)13-8-10-14(11-9-13)21-27(23,24)15-5-1-2-6-16(15)28(21,25)26/h1-12,23-26H,(H,19,20,22). The Hall–Kier alpha value is -2.60. The molecule has 1 aromatic heterocycles. The first-order valence-corrected chi connectivity index (χ1v) is 11.1. The fourth-order valence-corrected chi connectivity index (χ4v) is 7.58. The third-order valence-corrected chi connectivity index (χ3v) is 8.76. The monoisotopic (exact) mass is 419 g/mol. The highest BCUT2D eigenvalue weighted by Crippen LogP contribution is 2.77. The van der Waals surface area contributed by atoms with Crippen molar-refractivity contribution in [2.24, 2.45) is 0 Å². The van der Waals surface area contributed by atoms with Crippen molar-refractivity contribution in [1.29, 1.82) is 0 Å². The molecule has 0 aliphatic carbocycles. The average Bonchev–Trinajstić information content (AvgIpc) is 2.85. The van der Waals surface area contributed by atoms with Crippen LogP contribution in [-0.2, 0) is 0 Å². The van der Waals surface area contributed by atoms with Crippen LogP contribution in [0.1, 0.15) is 10.4 Å². The fraction of sp³-hybridized carbons (Fsp3) is 0. The number of pyridine rings is 1. The normalized spacial score (nSPS) is 18.8. The molecule has 0 atom stereocenters. The predicted octanol–water partition coefficient (Wildman–Crippen LogP) is 4.90. The van der Waals surface area contributed by atoms with E-state index >= 15 is 0 Å². The Kier molecular flexibility index (Phi) is 4.54. The van der Waals surface area contributed by atoms with Crippen LogP contribution in [-0.4, -0.2) is 29.1 Å². The van der Waals surface area contributed by atoms with E-state index in [9.17, 15) is 23.0 Å². The van der Waals surface area contributed by atoms with E-state index in [0.29, 0.717) is 11.4 Å². The van der Waals surface area contributed by atoms with Crippen molar-refractivity contribution < 1.29 is 23.0 Å². The van der Waals surface area contributed by atoms with E-state index in [1.807, 2.05) is 0 Å². The number of anilines is 2. The maximum Gasteiger partial charge on any atom is 0.256 e. The molecule has 3 aromatic rings. The summed E-state index contributed by atoms with van der Waals surface area (Å²) in [6.45, 7) is 0. The zero-order valence-corrected chi connectivity index (χ0v) is 16.0. The Morgan fingerprint density at radius 1 is 0.821 bits per heavy atom. The highest BCUT2D eigenvalue weighted by atomic mass is 32.4. The number of aromatic nitrogens is 1. The number of fused-ring (bicyclic) bond motifs is 1. The highest BCUT2D eigenvalue weighted by Gasteiger charge is 2.47. The Balaban J connectivity index is 1.63. The molecule has 0 saturated carbocycles. The van der Waals surface area contributed by atoms with Crippen LogP contribution in [0.3, 0.4) is 0 Å². The molecule has 4 rings (SSSR count). The number of carbonyl (C=O) groups excluding carboxylic acids is 1. The second-order valence-corrected chi connectivity index (χ2v) is 9.87. The van der Waals surface area contributed by atoms with E-state index in [1.165, 1.54) is 36.4 Å². The molecule has 1 aliphatic rings. The van der Waals surface area contributed by atoms with E-state index in [4.69, 9.17) is 0 Å². The van der Waals surface area contributed by atoms with Crippen LogP contribution in [0.5, 0.6) is 0 Å². The SMILES string of the molecule is O=C(Nc1ccccn1)c1ccc(N2S(O)(O)c3ccccc3S2(O)O)cc1. The van der Waals surface area contributed by atoms with Gasteiger partial charge >= 0.3 is 0 Å². The van der Waals surface area contributed by atoms with Gasteiger partial charge in [0, 0.05) is 11.8 Å². The molecular weight excluding hydrogens is 402 g/mol. The first-order valence-electron chi connectivity index (χ1n) is 8.10. The van der Waals surface area contributed by atoms with Gasteiger partial charge in [-0.1, -0.05) is 39.8 Å². The number of rotatable bonds is 3. The maximum absolute atomic E-state index is 12.3. The van der Waals surface area contributed by atoms with E-state index in [1.54, 1.807) is 36.5 Å². The molecular formula is C18H17N3O5S2. The van der Waals surface area contributed by atoms with Crippen LogP contribution in [0.15, 0.2) is 82.7 Å². The molecule has 28 heavy (non-hydrogen) atoms. The summed E-state index contributed by atoms with van der Waals surface area (Å²) in [5.74, 6) is 0.00287. The Bertz CT molecular complexity index is 994. The number of hydrogen-bond donors (Lipinski definition) is 5. The molecule has 0 unspecified atom stereocenters. The van der Waals surface area contributed by atoms with E-state index in [2.05, 4.69) is 10.3 Å². The van der Waals surface area contributed by atoms with Gasteiger partial charge in [0.05, 0.1) is 5.69 Å². The van der Waals surface area contributed by atoms with Gasteiger partial charge in [-0.3, -0.25) is 23.0 Å². The second kappa shape index (κ2) is 6.78. The zero-order valence-electron chi connectivity index (χ0n) is 14.3. The lowest BCUT2D eigenvalue weighted by Gasteiger charge is -2.45. The van der Waals surface area contributed by atoms with Gasteiger partial charge in [-0.2, -0.15) is 3.71 Å². The van der Waals surface area contributed by atoms with Crippen LogP contribution in [0.25, 0.3) is 0 Å². The molecule has 146 valence electrons. The predicted molar refractivity (Wildman–Crippen MR) is 110 cm³/mol. The fourth-order valence-electron chi connectivity index (χ4n) is 2.88. The van der Waals surface area contributed by atoms with Crippen molar-refractivity contribution in [2.45, 2.75) is 9.79 Å². The van der Waals surface area contributed by atoms with Gasteiger partial charge < -0.3 is 5.32 Å². The van der Waals surface area contributed by atoms with Gasteiger partial charge in [-0.25, -0.2) is 4.98 Å². The van der Waals surface area contributed by atoms with Crippen molar-refractivity contribution in [3.63, 3.8) is 0 Å². The molecule has 5 N–H and O–H groups in total. The number of nitrogens with zero attached hydrogens (tertiary/aromatic N) is 2. The molecule has 0 bridgehead atoms. The van der Waals surface area contributed by atoms with Gasteiger partial charge in [0.1, 0.15) is 15.6 Å². The molecule has 1 aliphatic heterocycles. The highest BCUT2D eigenvalue weighted by molar-refractivity contribution is 8.44. The summed E-state index contributed by atoms with van der Waals surface area (Å²) < 4.78 is 43.4. The van der Waals surface area contributed by atoms with E-state index < -0.39 is 27.5 Å². The number of amides is 1. The number of hydrogen-bond acceptors (Lipinski definition) is 7. The topological polar surface area (TPSA) is 126 Å². The maximum atomic E-state index is 12.3. The van der Waals surface area contributed by atoms with Crippen molar-refractivity contribution >= 4 is 39.0 Å². The first kappa shape index (κ1) is 18.7. The third kappa shape index (κ3) is 3.02.